The number of rotatable bonds is 8. The Kier molecular flexibility index (Phi) is 5.08. The van der Waals surface area contributed by atoms with Gasteiger partial charge in [-0.1, -0.05) is 0 Å². The Bertz CT molecular complexity index is 578. The summed E-state index contributed by atoms with van der Waals surface area (Å²) in [6.45, 7) is 4.63. The molecule has 1 unspecified atom stereocenters. The Balaban J connectivity index is 2.00. The van der Waals surface area contributed by atoms with Crippen LogP contribution in [0.4, 0.5) is 0 Å². The molecule has 6 nitrogen and oxygen atoms in total. The third kappa shape index (κ3) is 4.06. The Morgan fingerprint density at radius 1 is 1.48 bits per heavy atom. The lowest BCUT2D eigenvalue weighted by Crippen LogP contribution is -2.41. The van der Waals surface area contributed by atoms with Crippen molar-refractivity contribution < 1.29 is 12.8 Å². The van der Waals surface area contributed by atoms with E-state index < -0.39 is 10.0 Å². The van der Waals surface area contributed by atoms with Crippen LogP contribution in [0.3, 0.4) is 0 Å². The molecule has 0 radical (unpaired) electrons. The monoisotopic (exact) mass is 315 g/mol. The molecule has 1 aromatic heterocycles. The van der Waals surface area contributed by atoms with Gasteiger partial charge in [0.15, 0.2) is 0 Å². The van der Waals surface area contributed by atoms with E-state index in [0.717, 1.165) is 0 Å². The van der Waals surface area contributed by atoms with E-state index in [-0.39, 0.29) is 10.9 Å². The van der Waals surface area contributed by atoms with Gasteiger partial charge in [-0.05, 0) is 40.8 Å². The second kappa shape index (κ2) is 6.48. The minimum absolute atomic E-state index is 0.177. The zero-order valence-corrected chi connectivity index (χ0v) is 14.0. The maximum absolute atomic E-state index is 12.4. The lowest BCUT2D eigenvalue weighted by molar-refractivity contribution is 0.248. The molecule has 1 atom stereocenters. The largest absolute Gasteiger partial charge is 0.464 e. The predicted octanol–water partition coefficient (Wildman–Crippen LogP) is 1.07. The highest BCUT2D eigenvalue weighted by Gasteiger charge is 2.30. The van der Waals surface area contributed by atoms with Crippen LogP contribution in [0.5, 0.6) is 0 Å². The molecule has 1 heterocycles. The molecule has 1 fully saturated rings. The fourth-order valence-electron chi connectivity index (χ4n) is 2.35. The van der Waals surface area contributed by atoms with Crippen LogP contribution in [-0.4, -0.2) is 46.0 Å². The highest BCUT2D eigenvalue weighted by Crippen LogP contribution is 2.27. The molecule has 0 aliphatic heterocycles. The van der Waals surface area contributed by atoms with Crippen molar-refractivity contribution >= 4 is 10.0 Å². The van der Waals surface area contributed by atoms with Gasteiger partial charge in [0, 0.05) is 24.7 Å². The fourth-order valence-corrected chi connectivity index (χ4v) is 3.67. The van der Waals surface area contributed by atoms with Gasteiger partial charge in [-0.15, -0.1) is 0 Å². The van der Waals surface area contributed by atoms with Gasteiger partial charge in [0.05, 0.1) is 6.54 Å². The molecule has 0 aromatic carbocycles. The van der Waals surface area contributed by atoms with Crippen LogP contribution in [0.1, 0.15) is 31.3 Å². The molecule has 1 aliphatic carbocycles. The topological polar surface area (TPSA) is 74.6 Å². The zero-order valence-electron chi connectivity index (χ0n) is 13.1. The van der Waals surface area contributed by atoms with E-state index in [4.69, 9.17) is 4.42 Å². The fraction of sp³-hybridized carbons (Fsp3) is 0.714. The maximum Gasteiger partial charge on any atom is 0.244 e. The van der Waals surface area contributed by atoms with Crippen LogP contribution in [0.25, 0.3) is 0 Å². The molecule has 0 saturated heterocycles. The van der Waals surface area contributed by atoms with Crippen molar-refractivity contribution in [2.75, 3.05) is 20.6 Å². The van der Waals surface area contributed by atoms with E-state index >= 15 is 0 Å². The van der Waals surface area contributed by atoms with Crippen LogP contribution >= 0.6 is 0 Å². The van der Waals surface area contributed by atoms with Crippen LogP contribution < -0.4 is 10.0 Å². The minimum Gasteiger partial charge on any atom is -0.464 e. The predicted molar refractivity (Wildman–Crippen MR) is 81.6 cm³/mol. The normalized spacial score (nSPS) is 17.4. The molecular formula is C14H25N3O3S. The Hall–Kier alpha value is -0.890. The Morgan fingerprint density at radius 2 is 2.14 bits per heavy atom. The number of nitrogens with one attached hydrogen (secondary N) is 2. The van der Waals surface area contributed by atoms with Crippen molar-refractivity contribution in [2.45, 2.75) is 50.2 Å². The summed E-state index contributed by atoms with van der Waals surface area (Å²) in [4.78, 5) is 2.46. The van der Waals surface area contributed by atoms with Gasteiger partial charge in [0.2, 0.25) is 10.0 Å². The molecule has 21 heavy (non-hydrogen) atoms. The number of aryl methyl sites for hydroxylation is 1. The Morgan fingerprint density at radius 3 is 2.71 bits per heavy atom. The van der Waals surface area contributed by atoms with Crippen molar-refractivity contribution in [3.8, 4) is 0 Å². The first-order valence-electron chi connectivity index (χ1n) is 7.30. The number of hydrogen-bond donors (Lipinski definition) is 2. The van der Waals surface area contributed by atoms with E-state index in [2.05, 4.69) is 14.9 Å². The third-order valence-electron chi connectivity index (χ3n) is 3.95. The second-order valence-electron chi connectivity index (χ2n) is 5.76. The summed E-state index contributed by atoms with van der Waals surface area (Å²) >= 11 is 0. The van der Waals surface area contributed by atoms with Gasteiger partial charge in [0.25, 0.3) is 0 Å². The second-order valence-corrected chi connectivity index (χ2v) is 7.50. The van der Waals surface area contributed by atoms with E-state index in [1.807, 2.05) is 14.0 Å². The van der Waals surface area contributed by atoms with Crippen LogP contribution in [0, 0.1) is 6.92 Å². The van der Waals surface area contributed by atoms with Crippen molar-refractivity contribution in [3.63, 3.8) is 0 Å². The first-order chi connectivity index (χ1) is 9.85. The molecule has 1 aliphatic rings. The number of sulfonamides is 1. The molecule has 1 saturated carbocycles. The Labute approximate surface area is 126 Å². The standard InChI is InChI=1S/C14H25N3O3S/c1-10(17(4)12-5-6-12)8-16-21(18,19)14-7-13(9-15-3)20-11(14)2/h7,10,12,15-16H,5-6,8-9H2,1-4H3. The first kappa shape index (κ1) is 16.5. The summed E-state index contributed by atoms with van der Waals surface area (Å²) in [6.07, 6.45) is 2.42. The van der Waals surface area contributed by atoms with Crippen molar-refractivity contribution in [3.05, 3.63) is 17.6 Å². The SMILES string of the molecule is CNCc1cc(S(=O)(=O)NCC(C)N(C)C2CC2)c(C)o1. The quantitative estimate of drug-likeness (QED) is 0.750. The number of nitrogens with zero attached hydrogens (tertiary/aromatic N) is 1. The lowest BCUT2D eigenvalue weighted by Gasteiger charge is -2.24. The van der Waals surface area contributed by atoms with Crippen LogP contribution in [0.2, 0.25) is 0 Å². The van der Waals surface area contributed by atoms with Crippen molar-refractivity contribution in [1.82, 2.24) is 14.9 Å². The minimum atomic E-state index is -3.52. The summed E-state index contributed by atoms with van der Waals surface area (Å²) in [5.74, 6) is 1.05. The van der Waals surface area contributed by atoms with Gasteiger partial charge in [-0.3, -0.25) is 4.90 Å². The summed E-state index contributed by atoms with van der Waals surface area (Å²) in [5.41, 5.74) is 0. The molecule has 1 aromatic rings. The average molecular weight is 315 g/mol. The molecular weight excluding hydrogens is 290 g/mol. The highest BCUT2D eigenvalue weighted by molar-refractivity contribution is 7.89. The number of furan rings is 1. The molecule has 0 amide bonds. The van der Waals surface area contributed by atoms with E-state index in [9.17, 15) is 8.42 Å². The van der Waals surface area contributed by atoms with Gasteiger partial charge >= 0.3 is 0 Å². The van der Waals surface area contributed by atoms with E-state index in [1.54, 1.807) is 20.0 Å². The average Bonchev–Trinajstić information content (AvgIpc) is 3.20. The van der Waals surface area contributed by atoms with E-state index in [1.165, 1.54) is 12.8 Å². The lowest BCUT2D eigenvalue weighted by atomic mass is 10.3. The van der Waals surface area contributed by atoms with Crippen LogP contribution in [-0.2, 0) is 16.6 Å². The molecule has 120 valence electrons. The molecule has 0 bridgehead atoms. The summed E-state index contributed by atoms with van der Waals surface area (Å²) < 4.78 is 32.9. The third-order valence-corrected chi connectivity index (χ3v) is 5.48. The van der Waals surface area contributed by atoms with Gasteiger partial charge in [0.1, 0.15) is 16.4 Å². The molecule has 2 N–H and O–H groups in total. The summed E-state index contributed by atoms with van der Waals surface area (Å²) in [6, 6.07) is 2.38. The van der Waals surface area contributed by atoms with E-state index in [0.29, 0.717) is 30.7 Å². The summed E-state index contributed by atoms with van der Waals surface area (Å²) in [5, 5.41) is 2.94. The summed E-state index contributed by atoms with van der Waals surface area (Å²) in [7, 11) is 0.317. The van der Waals surface area contributed by atoms with Gasteiger partial charge in [-0.25, -0.2) is 13.1 Å². The van der Waals surface area contributed by atoms with Gasteiger partial charge < -0.3 is 9.73 Å². The number of hydrogen-bond acceptors (Lipinski definition) is 5. The van der Waals surface area contributed by atoms with Crippen molar-refractivity contribution in [1.29, 1.82) is 0 Å². The molecule has 2 rings (SSSR count). The maximum atomic E-state index is 12.4. The van der Waals surface area contributed by atoms with Crippen LogP contribution in [0.15, 0.2) is 15.4 Å². The van der Waals surface area contributed by atoms with Gasteiger partial charge in [-0.2, -0.15) is 0 Å². The first-order valence-corrected chi connectivity index (χ1v) is 8.79. The zero-order chi connectivity index (χ0) is 15.6. The number of likely N-dealkylation sites (N-methyl/N-ethyl adjacent to an activating group) is 1. The smallest absolute Gasteiger partial charge is 0.244 e. The molecule has 7 heteroatoms. The molecule has 0 spiro atoms. The highest BCUT2D eigenvalue weighted by atomic mass is 32.2. The van der Waals surface area contributed by atoms with Crippen molar-refractivity contribution in [2.24, 2.45) is 0 Å².